The number of rotatable bonds is 6. The molecule has 1 aliphatic heterocycles. The van der Waals surface area contributed by atoms with E-state index in [2.05, 4.69) is 32.7 Å². The van der Waals surface area contributed by atoms with Gasteiger partial charge in [-0.05, 0) is 52.7 Å². The molecule has 0 radical (unpaired) electrons. The summed E-state index contributed by atoms with van der Waals surface area (Å²) in [5.41, 5.74) is 0.374. The predicted octanol–water partition coefficient (Wildman–Crippen LogP) is 2.23. The molecular weight excluding hydrogens is 382 g/mol. The minimum Gasteiger partial charge on any atom is -0.444 e. The molecule has 2 aromatic heterocycles. The Morgan fingerprint density at radius 1 is 1.33 bits per heavy atom. The summed E-state index contributed by atoms with van der Waals surface area (Å²) < 4.78 is 7.38. The molecule has 1 saturated heterocycles. The largest absolute Gasteiger partial charge is 0.444 e. The SMILES string of the molecule is CCNC(=NCCCc1nnc2ccccn12)N1CCC(NC(=O)OC(C)(C)C)C1. The molecule has 3 heterocycles. The van der Waals surface area contributed by atoms with Crippen LogP contribution >= 0.6 is 0 Å². The Hall–Kier alpha value is -2.84. The van der Waals surface area contributed by atoms with E-state index in [-0.39, 0.29) is 12.1 Å². The van der Waals surface area contributed by atoms with Crippen molar-refractivity contribution in [2.75, 3.05) is 26.2 Å². The number of likely N-dealkylation sites (tertiary alicyclic amines) is 1. The van der Waals surface area contributed by atoms with Gasteiger partial charge in [-0.2, -0.15) is 0 Å². The van der Waals surface area contributed by atoms with Gasteiger partial charge < -0.3 is 20.3 Å². The number of fused-ring (bicyclic) bond motifs is 1. The highest BCUT2D eigenvalue weighted by atomic mass is 16.6. The van der Waals surface area contributed by atoms with Crippen molar-refractivity contribution in [3.63, 3.8) is 0 Å². The van der Waals surface area contributed by atoms with Crippen LogP contribution in [-0.2, 0) is 11.2 Å². The number of carbonyl (C=O) groups is 1. The number of carbonyl (C=O) groups excluding carboxylic acids is 1. The lowest BCUT2D eigenvalue weighted by molar-refractivity contribution is 0.0507. The molecule has 0 saturated carbocycles. The van der Waals surface area contributed by atoms with Crippen LogP contribution in [0.25, 0.3) is 5.65 Å². The summed E-state index contributed by atoms with van der Waals surface area (Å²) in [7, 11) is 0. The normalized spacial score (nSPS) is 17.4. The molecular formula is C21H33N7O2. The number of hydrogen-bond donors (Lipinski definition) is 2. The van der Waals surface area contributed by atoms with Gasteiger partial charge in [0.1, 0.15) is 11.4 Å². The monoisotopic (exact) mass is 415 g/mol. The van der Waals surface area contributed by atoms with E-state index in [0.717, 1.165) is 56.3 Å². The average molecular weight is 416 g/mol. The van der Waals surface area contributed by atoms with Gasteiger partial charge in [0.2, 0.25) is 0 Å². The van der Waals surface area contributed by atoms with Crippen molar-refractivity contribution in [1.29, 1.82) is 0 Å². The van der Waals surface area contributed by atoms with Gasteiger partial charge in [0.05, 0.1) is 6.04 Å². The first-order chi connectivity index (χ1) is 14.4. The molecule has 0 bridgehead atoms. The Morgan fingerprint density at radius 2 is 2.17 bits per heavy atom. The number of guanidine groups is 1. The number of aliphatic imine (C=N–C) groups is 1. The highest BCUT2D eigenvalue weighted by Crippen LogP contribution is 2.12. The van der Waals surface area contributed by atoms with Crippen molar-refractivity contribution in [3.8, 4) is 0 Å². The van der Waals surface area contributed by atoms with Crippen molar-refractivity contribution in [1.82, 2.24) is 30.1 Å². The molecule has 1 unspecified atom stereocenters. The number of alkyl carbamates (subject to hydrolysis) is 1. The summed E-state index contributed by atoms with van der Waals surface area (Å²) in [6.45, 7) is 10.7. The van der Waals surface area contributed by atoms with E-state index in [4.69, 9.17) is 9.73 Å². The number of nitrogens with one attached hydrogen (secondary N) is 2. The molecule has 1 fully saturated rings. The number of ether oxygens (including phenoxy) is 1. The number of pyridine rings is 1. The third-order valence-electron chi connectivity index (χ3n) is 4.75. The van der Waals surface area contributed by atoms with Crippen LogP contribution in [0.15, 0.2) is 29.4 Å². The highest BCUT2D eigenvalue weighted by Gasteiger charge is 2.27. The van der Waals surface area contributed by atoms with Crippen molar-refractivity contribution in [3.05, 3.63) is 30.2 Å². The zero-order chi connectivity index (χ0) is 21.6. The van der Waals surface area contributed by atoms with Gasteiger partial charge in [0.15, 0.2) is 11.6 Å². The van der Waals surface area contributed by atoms with E-state index in [1.807, 2.05) is 49.6 Å². The number of aryl methyl sites for hydroxylation is 1. The number of aromatic nitrogens is 3. The van der Waals surface area contributed by atoms with Crippen LogP contribution in [0.5, 0.6) is 0 Å². The van der Waals surface area contributed by atoms with E-state index in [1.165, 1.54) is 0 Å². The molecule has 2 N–H and O–H groups in total. The second-order valence-electron chi connectivity index (χ2n) is 8.46. The summed E-state index contributed by atoms with van der Waals surface area (Å²) in [5, 5.41) is 14.8. The van der Waals surface area contributed by atoms with Crippen LogP contribution in [0.4, 0.5) is 4.79 Å². The van der Waals surface area contributed by atoms with Gasteiger partial charge in [-0.25, -0.2) is 4.79 Å². The highest BCUT2D eigenvalue weighted by molar-refractivity contribution is 5.80. The van der Waals surface area contributed by atoms with Gasteiger partial charge in [-0.1, -0.05) is 6.07 Å². The van der Waals surface area contributed by atoms with E-state index >= 15 is 0 Å². The number of amides is 1. The lowest BCUT2D eigenvalue weighted by Gasteiger charge is -2.23. The Balaban J connectivity index is 1.50. The number of hydrogen-bond acceptors (Lipinski definition) is 5. The molecule has 1 atom stereocenters. The van der Waals surface area contributed by atoms with Gasteiger partial charge >= 0.3 is 6.09 Å². The lowest BCUT2D eigenvalue weighted by Crippen LogP contribution is -2.44. The third-order valence-corrected chi connectivity index (χ3v) is 4.75. The predicted molar refractivity (Wildman–Crippen MR) is 117 cm³/mol. The topological polar surface area (TPSA) is 96.1 Å². The first-order valence-electron chi connectivity index (χ1n) is 10.7. The molecule has 30 heavy (non-hydrogen) atoms. The molecule has 0 aromatic carbocycles. The van der Waals surface area contributed by atoms with Crippen LogP contribution in [0, 0.1) is 0 Å². The van der Waals surface area contributed by atoms with Crippen molar-refractivity contribution in [2.24, 2.45) is 4.99 Å². The molecule has 0 aliphatic carbocycles. The zero-order valence-electron chi connectivity index (χ0n) is 18.4. The van der Waals surface area contributed by atoms with E-state index < -0.39 is 5.60 Å². The second kappa shape index (κ2) is 9.77. The lowest BCUT2D eigenvalue weighted by atomic mass is 10.2. The molecule has 9 nitrogen and oxygen atoms in total. The third kappa shape index (κ3) is 6.08. The number of nitrogens with zero attached hydrogens (tertiary/aromatic N) is 5. The maximum atomic E-state index is 12.0. The maximum absolute atomic E-state index is 12.0. The standard InChI is InChI=1S/C21H33N7O2/c1-5-22-19(27-14-11-16(15-27)24-20(29)30-21(2,3)4)23-12-8-10-18-26-25-17-9-6-7-13-28(17)18/h6-7,9,13,16H,5,8,10-12,14-15H2,1-4H3,(H,22,23)(H,24,29). The van der Waals surface area contributed by atoms with Gasteiger partial charge in [-0.3, -0.25) is 9.39 Å². The van der Waals surface area contributed by atoms with Gasteiger partial charge in [-0.15, -0.1) is 10.2 Å². The van der Waals surface area contributed by atoms with Gasteiger partial charge in [0, 0.05) is 38.8 Å². The van der Waals surface area contributed by atoms with E-state index in [9.17, 15) is 4.79 Å². The van der Waals surface area contributed by atoms with Gasteiger partial charge in [0.25, 0.3) is 0 Å². The summed E-state index contributed by atoms with van der Waals surface area (Å²) in [6.07, 6.45) is 4.20. The Morgan fingerprint density at radius 3 is 2.93 bits per heavy atom. The Kier molecular flexibility index (Phi) is 7.12. The molecule has 9 heteroatoms. The summed E-state index contributed by atoms with van der Waals surface area (Å²) >= 11 is 0. The molecule has 1 aliphatic rings. The summed E-state index contributed by atoms with van der Waals surface area (Å²) in [6, 6.07) is 5.96. The molecule has 164 valence electrons. The average Bonchev–Trinajstić information content (AvgIpc) is 3.30. The van der Waals surface area contributed by atoms with Crippen LogP contribution in [0.2, 0.25) is 0 Å². The fourth-order valence-corrected chi connectivity index (χ4v) is 3.45. The quantitative estimate of drug-likeness (QED) is 0.427. The Labute approximate surface area is 177 Å². The minimum absolute atomic E-state index is 0.0612. The maximum Gasteiger partial charge on any atom is 0.407 e. The summed E-state index contributed by atoms with van der Waals surface area (Å²) in [4.78, 5) is 19.0. The molecule has 2 aromatic rings. The molecule has 1 amide bonds. The van der Waals surface area contributed by atoms with Crippen LogP contribution in [0.3, 0.4) is 0 Å². The Bertz CT molecular complexity index is 872. The van der Waals surface area contributed by atoms with Crippen LogP contribution < -0.4 is 10.6 Å². The van der Waals surface area contributed by atoms with Crippen molar-refractivity contribution < 1.29 is 9.53 Å². The molecule has 3 rings (SSSR count). The fourth-order valence-electron chi connectivity index (χ4n) is 3.45. The second-order valence-corrected chi connectivity index (χ2v) is 8.46. The van der Waals surface area contributed by atoms with Crippen molar-refractivity contribution in [2.45, 2.75) is 58.6 Å². The van der Waals surface area contributed by atoms with Crippen LogP contribution in [0.1, 0.15) is 46.4 Å². The van der Waals surface area contributed by atoms with Crippen LogP contribution in [-0.4, -0.2) is 69.4 Å². The first-order valence-corrected chi connectivity index (χ1v) is 10.7. The van der Waals surface area contributed by atoms with Crippen molar-refractivity contribution >= 4 is 17.7 Å². The van der Waals surface area contributed by atoms with E-state index in [0.29, 0.717) is 6.54 Å². The smallest absolute Gasteiger partial charge is 0.407 e. The minimum atomic E-state index is -0.492. The first kappa shape index (κ1) is 21.9. The summed E-state index contributed by atoms with van der Waals surface area (Å²) in [5.74, 6) is 1.84. The molecule has 0 spiro atoms. The van der Waals surface area contributed by atoms with E-state index in [1.54, 1.807) is 0 Å². The fraction of sp³-hybridized carbons (Fsp3) is 0.619. The zero-order valence-corrected chi connectivity index (χ0v) is 18.4.